The number of nitrogens with zero attached hydrogens (tertiary/aromatic N) is 1. The predicted molar refractivity (Wildman–Crippen MR) is 86.2 cm³/mol. The minimum Gasteiger partial charge on any atom is -0.394 e. The summed E-state index contributed by atoms with van der Waals surface area (Å²) in [7, 11) is 0. The molecule has 1 aromatic carbocycles. The van der Waals surface area contributed by atoms with Gasteiger partial charge in [0.2, 0.25) is 0 Å². The predicted octanol–water partition coefficient (Wildman–Crippen LogP) is 2.36. The van der Waals surface area contributed by atoms with Gasteiger partial charge in [0.1, 0.15) is 0 Å². The van der Waals surface area contributed by atoms with E-state index in [4.69, 9.17) is 5.73 Å². The molecule has 0 amide bonds. The molecule has 3 unspecified atom stereocenters. The summed E-state index contributed by atoms with van der Waals surface area (Å²) in [6.07, 6.45) is 5.75. The number of nitrogens with two attached hydrogens (primary N) is 1. The van der Waals surface area contributed by atoms with E-state index in [0.29, 0.717) is 11.8 Å². The molecular weight excluding hydrogens is 260 g/mol. The summed E-state index contributed by atoms with van der Waals surface area (Å²) >= 11 is 0. The third-order valence-electron chi connectivity index (χ3n) is 5.64. The SMILES string of the molecule is NC1(CO)CCCC1CCN1CCC(c2ccccc2)C1. The van der Waals surface area contributed by atoms with E-state index in [0.717, 1.165) is 19.4 Å². The van der Waals surface area contributed by atoms with Crippen molar-refractivity contribution >= 4 is 0 Å². The van der Waals surface area contributed by atoms with Gasteiger partial charge in [0, 0.05) is 12.1 Å². The molecule has 3 N–H and O–H groups in total. The normalized spacial score (nSPS) is 33.6. The van der Waals surface area contributed by atoms with Gasteiger partial charge >= 0.3 is 0 Å². The quantitative estimate of drug-likeness (QED) is 0.874. The highest BCUT2D eigenvalue weighted by molar-refractivity contribution is 5.21. The highest BCUT2D eigenvalue weighted by Crippen LogP contribution is 2.36. The van der Waals surface area contributed by atoms with Crippen LogP contribution in [-0.4, -0.2) is 41.8 Å². The number of hydrogen-bond acceptors (Lipinski definition) is 3. The summed E-state index contributed by atoms with van der Waals surface area (Å²) in [4.78, 5) is 2.58. The van der Waals surface area contributed by atoms with Gasteiger partial charge in [-0.2, -0.15) is 0 Å². The Morgan fingerprint density at radius 1 is 1.24 bits per heavy atom. The van der Waals surface area contributed by atoms with Crippen molar-refractivity contribution in [2.45, 2.75) is 43.6 Å². The van der Waals surface area contributed by atoms with Crippen molar-refractivity contribution in [3.8, 4) is 0 Å². The number of aliphatic hydroxyl groups is 1. The zero-order valence-electron chi connectivity index (χ0n) is 12.9. The molecule has 0 spiro atoms. The maximum atomic E-state index is 9.54. The van der Waals surface area contributed by atoms with E-state index in [2.05, 4.69) is 35.2 Å². The van der Waals surface area contributed by atoms with Crippen LogP contribution in [0.25, 0.3) is 0 Å². The number of rotatable bonds is 5. The first-order valence-electron chi connectivity index (χ1n) is 8.38. The molecule has 1 aliphatic heterocycles. The first kappa shape index (κ1) is 15.0. The lowest BCUT2D eigenvalue weighted by molar-refractivity contribution is 0.147. The molecule has 3 rings (SSSR count). The van der Waals surface area contributed by atoms with E-state index in [1.807, 2.05) is 0 Å². The lowest BCUT2D eigenvalue weighted by Gasteiger charge is -2.30. The van der Waals surface area contributed by atoms with Crippen LogP contribution >= 0.6 is 0 Å². The van der Waals surface area contributed by atoms with Crippen LogP contribution in [0.1, 0.15) is 43.6 Å². The number of likely N-dealkylation sites (tertiary alicyclic amines) is 1. The Balaban J connectivity index is 1.49. The van der Waals surface area contributed by atoms with E-state index in [-0.39, 0.29) is 12.1 Å². The molecule has 1 heterocycles. The molecule has 0 bridgehead atoms. The Hall–Kier alpha value is -0.900. The van der Waals surface area contributed by atoms with Crippen molar-refractivity contribution in [2.24, 2.45) is 11.7 Å². The third-order valence-corrected chi connectivity index (χ3v) is 5.64. The lowest BCUT2D eigenvalue weighted by Crippen LogP contribution is -2.47. The van der Waals surface area contributed by atoms with Crippen LogP contribution in [0.2, 0.25) is 0 Å². The van der Waals surface area contributed by atoms with Crippen molar-refractivity contribution in [2.75, 3.05) is 26.2 Å². The maximum absolute atomic E-state index is 9.54. The smallest absolute Gasteiger partial charge is 0.0613 e. The van der Waals surface area contributed by atoms with Crippen LogP contribution in [0.15, 0.2) is 30.3 Å². The lowest BCUT2D eigenvalue weighted by atomic mass is 9.86. The fourth-order valence-electron chi connectivity index (χ4n) is 4.18. The van der Waals surface area contributed by atoms with Gasteiger partial charge in [0.15, 0.2) is 0 Å². The van der Waals surface area contributed by atoms with Gasteiger partial charge in [0.25, 0.3) is 0 Å². The van der Waals surface area contributed by atoms with E-state index in [1.54, 1.807) is 0 Å². The Morgan fingerprint density at radius 3 is 2.81 bits per heavy atom. The Morgan fingerprint density at radius 2 is 2.05 bits per heavy atom. The second kappa shape index (κ2) is 6.47. The zero-order valence-corrected chi connectivity index (χ0v) is 12.9. The van der Waals surface area contributed by atoms with Gasteiger partial charge in [-0.15, -0.1) is 0 Å². The van der Waals surface area contributed by atoms with Crippen molar-refractivity contribution in [3.63, 3.8) is 0 Å². The van der Waals surface area contributed by atoms with Crippen molar-refractivity contribution < 1.29 is 5.11 Å². The second-order valence-corrected chi connectivity index (χ2v) is 6.97. The molecule has 1 aliphatic carbocycles. The van der Waals surface area contributed by atoms with Gasteiger partial charge in [-0.05, 0) is 56.2 Å². The van der Waals surface area contributed by atoms with Crippen LogP contribution in [0.4, 0.5) is 0 Å². The fraction of sp³-hybridized carbons (Fsp3) is 0.667. The van der Waals surface area contributed by atoms with Crippen molar-refractivity contribution in [1.82, 2.24) is 4.90 Å². The third kappa shape index (κ3) is 3.31. The van der Waals surface area contributed by atoms with Crippen molar-refractivity contribution in [1.29, 1.82) is 0 Å². The summed E-state index contributed by atoms with van der Waals surface area (Å²) in [5.41, 5.74) is 7.51. The molecule has 3 heteroatoms. The minimum absolute atomic E-state index is 0.143. The number of aliphatic hydroxyl groups excluding tert-OH is 1. The molecule has 0 aromatic heterocycles. The fourth-order valence-corrected chi connectivity index (χ4v) is 4.18. The van der Waals surface area contributed by atoms with Gasteiger partial charge < -0.3 is 15.7 Å². The molecule has 116 valence electrons. The van der Waals surface area contributed by atoms with Crippen LogP contribution < -0.4 is 5.73 Å². The van der Waals surface area contributed by atoms with E-state index in [1.165, 1.54) is 37.9 Å². The first-order valence-corrected chi connectivity index (χ1v) is 8.38. The summed E-state index contributed by atoms with van der Waals surface area (Å²) in [6, 6.07) is 10.9. The standard InChI is InChI=1S/C18H28N2O/c19-18(14-21)10-4-7-17(18)9-12-20-11-8-16(13-20)15-5-2-1-3-6-15/h1-3,5-6,16-17,21H,4,7-14,19H2. The summed E-state index contributed by atoms with van der Waals surface area (Å²) in [5.74, 6) is 1.19. The van der Waals surface area contributed by atoms with Gasteiger partial charge in [-0.3, -0.25) is 0 Å². The summed E-state index contributed by atoms with van der Waals surface area (Å²) in [6.45, 7) is 3.65. The molecule has 21 heavy (non-hydrogen) atoms. The van der Waals surface area contributed by atoms with Crippen LogP contribution in [0, 0.1) is 5.92 Å². The van der Waals surface area contributed by atoms with E-state index >= 15 is 0 Å². The van der Waals surface area contributed by atoms with Crippen LogP contribution in [0.5, 0.6) is 0 Å². The average Bonchev–Trinajstić information content (AvgIpc) is 3.13. The minimum atomic E-state index is -0.307. The maximum Gasteiger partial charge on any atom is 0.0613 e. The number of benzene rings is 1. The summed E-state index contributed by atoms with van der Waals surface area (Å²) < 4.78 is 0. The molecule has 0 radical (unpaired) electrons. The Bertz CT molecular complexity index is 450. The molecule has 1 aromatic rings. The molecule has 2 aliphatic rings. The first-order chi connectivity index (χ1) is 10.2. The molecule has 1 saturated heterocycles. The zero-order chi connectivity index (χ0) is 14.7. The van der Waals surface area contributed by atoms with Crippen LogP contribution in [0.3, 0.4) is 0 Å². The monoisotopic (exact) mass is 288 g/mol. The van der Waals surface area contributed by atoms with Gasteiger partial charge in [0.05, 0.1) is 6.61 Å². The van der Waals surface area contributed by atoms with Crippen LogP contribution in [-0.2, 0) is 0 Å². The molecule has 3 atom stereocenters. The molecule has 2 fully saturated rings. The van der Waals surface area contributed by atoms with Gasteiger partial charge in [-0.25, -0.2) is 0 Å². The topological polar surface area (TPSA) is 49.5 Å². The number of hydrogen-bond donors (Lipinski definition) is 2. The highest BCUT2D eigenvalue weighted by Gasteiger charge is 2.38. The van der Waals surface area contributed by atoms with E-state index < -0.39 is 0 Å². The average molecular weight is 288 g/mol. The molecular formula is C18H28N2O. The Kier molecular flexibility index (Phi) is 4.63. The van der Waals surface area contributed by atoms with Gasteiger partial charge in [-0.1, -0.05) is 36.8 Å². The van der Waals surface area contributed by atoms with E-state index in [9.17, 15) is 5.11 Å². The molecule has 1 saturated carbocycles. The Labute approximate surface area is 128 Å². The van der Waals surface area contributed by atoms with Crippen molar-refractivity contribution in [3.05, 3.63) is 35.9 Å². The highest BCUT2D eigenvalue weighted by atomic mass is 16.3. The largest absolute Gasteiger partial charge is 0.394 e. The summed E-state index contributed by atoms with van der Waals surface area (Å²) in [5, 5.41) is 9.54. The second-order valence-electron chi connectivity index (χ2n) is 6.97. The molecule has 3 nitrogen and oxygen atoms in total.